The summed E-state index contributed by atoms with van der Waals surface area (Å²) in [5, 5.41) is 2.94. The summed E-state index contributed by atoms with van der Waals surface area (Å²) in [4.78, 5) is 27.4. The zero-order valence-electron chi connectivity index (χ0n) is 19.6. The largest absolute Gasteiger partial charge is 0.483 e. The van der Waals surface area contributed by atoms with Gasteiger partial charge in [0.1, 0.15) is 11.8 Å². The lowest BCUT2D eigenvalue weighted by Gasteiger charge is -2.28. The van der Waals surface area contributed by atoms with E-state index in [0.717, 1.165) is 22.9 Å². The average Bonchev–Trinajstić information content (AvgIpc) is 2.78. The number of halogens is 1. The Morgan fingerprint density at radius 2 is 1.81 bits per heavy atom. The van der Waals surface area contributed by atoms with E-state index < -0.39 is 6.04 Å². The van der Waals surface area contributed by atoms with Crippen LogP contribution in [-0.4, -0.2) is 42.5 Å². The van der Waals surface area contributed by atoms with Crippen LogP contribution in [0.3, 0.4) is 0 Å². The standard InChI is InChI=1S/C26H35BrN2O3/c1-5-6-15-28-26(31)20(4)29(16-14-21-10-8-7-9-11-21)25(30)18-32-24-13-12-22(19(2)3)17-23(24)27/h7-13,17,19-20H,5-6,14-16,18H2,1-4H3,(H,28,31)/t20-/m0/s1. The van der Waals surface area contributed by atoms with E-state index in [-0.39, 0.29) is 18.4 Å². The highest BCUT2D eigenvalue weighted by Crippen LogP contribution is 2.29. The normalized spacial score (nSPS) is 11.8. The number of benzene rings is 2. The van der Waals surface area contributed by atoms with Crippen LogP contribution in [0, 0.1) is 0 Å². The summed E-state index contributed by atoms with van der Waals surface area (Å²) in [5.41, 5.74) is 2.31. The predicted molar refractivity (Wildman–Crippen MR) is 133 cm³/mol. The Morgan fingerprint density at radius 1 is 1.09 bits per heavy atom. The fourth-order valence-corrected chi connectivity index (χ4v) is 3.83. The maximum absolute atomic E-state index is 13.1. The Morgan fingerprint density at radius 3 is 2.44 bits per heavy atom. The van der Waals surface area contributed by atoms with E-state index in [4.69, 9.17) is 4.74 Å². The van der Waals surface area contributed by atoms with E-state index >= 15 is 0 Å². The van der Waals surface area contributed by atoms with Gasteiger partial charge in [0.25, 0.3) is 5.91 Å². The number of carbonyl (C=O) groups is 2. The van der Waals surface area contributed by atoms with Crippen LogP contribution in [0.1, 0.15) is 57.6 Å². The third kappa shape index (κ3) is 7.97. The van der Waals surface area contributed by atoms with Gasteiger partial charge in [-0.25, -0.2) is 0 Å². The molecule has 174 valence electrons. The van der Waals surface area contributed by atoms with Crippen LogP contribution in [0.25, 0.3) is 0 Å². The second kappa shape index (κ2) is 13.3. The van der Waals surface area contributed by atoms with Crippen molar-refractivity contribution in [2.24, 2.45) is 0 Å². The summed E-state index contributed by atoms with van der Waals surface area (Å²) < 4.78 is 6.64. The second-order valence-corrected chi connectivity index (χ2v) is 9.13. The first-order valence-electron chi connectivity index (χ1n) is 11.4. The number of unbranched alkanes of at least 4 members (excludes halogenated alkanes) is 1. The van der Waals surface area contributed by atoms with Gasteiger partial charge >= 0.3 is 0 Å². The Kier molecular flexibility index (Phi) is 10.7. The number of hydrogen-bond acceptors (Lipinski definition) is 3. The monoisotopic (exact) mass is 502 g/mol. The lowest BCUT2D eigenvalue weighted by Crippen LogP contribution is -2.50. The Labute approximate surface area is 200 Å². The molecule has 0 aliphatic heterocycles. The van der Waals surface area contributed by atoms with Crippen LogP contribution in [0.15, 0.2) is 53.0 Å². The van der Waals surface area contributed by atoms with E-state index in [1.165, 1.54) is 5.56 Å². The Hall–Kier alpha value is -2.34. The SMILES string of the molecule is CCCCNC(=O)[C@H](C)N(CCc1ccccc1)C(=O)COc1ccc(C(C)C)cc1Br. The number of amides is 2. The highest BCUT2D eigenvalue weighted by molar-refractivity contribution is 9.10. The molecular weight excluding hydrogens is 468 g/mol. The molecule has 6 heteroatoms. The van der Waals surface area contributed by atoms with Gasteiger partial charge in [0.2, 0.25) is 5.91 Å². The van der Waals surface area contributed by atoms with E-state index in [9.17, 15) is 9.59 Å². The number of hydrogen-bond donors (Lipinski definition) is 1. The zero-order chi connectivity index (χ0) is 23.5. The van der Waals surface area contributed by atoms with Gasteiger partial charge in [-0.3, -0.25) is 9.59 Å². The molecule has 0 aliphatic rings. The number of nitrogens with one attached hydrogen (secondary N) is 1. The van der Waals surface area contributed by atoms with Crippen LogP contribution in [0.4, 0.5) is 0 Å². The number of rotatable bonds is 12. The molecule has 0 heterocycles. The topological polar surface area (TPSA) is 58.6 Å². The van der Waals surface area contributed by atoms with Gasteiger partial charge in [-0.05, 0) is 64.9 Å². The molecule has 2 aromatic carbocycles. The molecule has 0 spiro atoms. The van der Waals surface area contributed by atoms with Crippen LogP contribution in [-0.2, 0) is 16.0 Å². The van der Waals surface area contributed by atoms with E-state index in [0.29, 0.717) is 31.2 Å². The minimum Gasteiger partial charge on any atom is -0.483 e. The molecule has 2 amide bonds. The fraction of sp³-hybridized carbons (Fsp3) is 0.462. The zero-order valence-corrected chi connectivity index (χ0v) is 21.2. The third-order valence-electron chi connectivity index (χ3n) is 5.45. The quantitative estimate of drug-likeness (QED) is 0.399. The minimum absolute atomic E-state index is 0.124. The fourth-order valence-electron chi connectivity index (χ4n) is 3.32. The van der Waals surface area contributed by atoms with Crippen molar-refractivity contribution in [2.75, 3.05) is 19.7 Å². The van der Waals surface area contributed by atoms with Gasteiger partial charge in [0.15, 0.2) is 6.61 Å². The van der Waals surface area contributed by atoms with Gasteiger partial charge in [-0.1, -0.05) is 63.6 Å². The number of ether oxygens (including phenoxy) is 1. The summed E-state index contributed by atoms with van der Waals surface area (Å²) >= 11 is 3.54. The van der Waals surface area contributed by atoms with Gasteiger partial charge < -0.3 is 15.0 Å². The first-order chi connectivity index (χ1) is 15.3. The highest BCUT2D eigenvalue weighted by Gasteiger charge is 2.26. The van der Waals surface area contributed by atoms with E-state index in [2.05, 4.69) is 42.0 Å². The molecule has 0 aromatic heterocycles. The van der Waals surface area contributed by atoms with Crippen molar-refractivity contribution >= 4 is 27.7 Å². The molecule has 0 unspecified atom stereocenters. The van der Waals surface area contributed by atoms with Gasteiger partial charge in [-0.15, -0.1) is 0 Å². The lowest BCUT2D eigenvalue weighted by molar-refractivity contribution is -0.141. The Bertz CT molecular complexity index is 871. The first kappa shape index (κ1) is 25.9. The lowest BCUT2D eigenvalue weighted by atomic mass is 10.0. The molecule has 0 aliphatic carbocycles. The summed E-state index contributed by atoms with van der Waals surface area (Å²) in [7, 11) is 0. The van der Waals surface area contributed by atoms with E-state index in [1.54, 1.807) is 11.8 Å². The Balaban J connectivity index is 2.07. The van der Waals surface area contributed by atoms with Crippen molar-refractivity contribution in [3.8, 4) is 5.75 Å². The molecule has 2 aromatic rings. The summed E-state index contributed by atoms with van der Waals surface area (Å²) in [6, 6.07) is 15.3. The van der Waals surface area contributed by atoms with Crippen molar-refractivity contribution in [3.05, 3.63) is 64.1 Å². The van der Waals surface area contributed by atoms with Gasteiger partial charge in [-0.2, -0.15) is 0 Å². The van der Waals surface area contributed by atoms with Crippen molar-refractivity contribution in [1.82, 2.24) is 10.2 Å². The minimum atomic E-state index is -0.571. The molecule has 0 bridgehead atoms. The molecule has 32 heavy (non-hydrogen) atoms. The van der Waals surface area contributed by atoms with Crippen molar-refractivity contribution in [1.29, 1.82) is 0 Å². The molecule has 0 radical (unpaired) electrons. The summed E-state index contributed by atoms with van der Waals surface area (Å²) in [5.74, 6) is 0.676. The number of nitrogens with zero attached hydrogens (tertiary/aromatic N) is 1. The van der Waals surface area contributed by atoms with Crippen LogP contribution in [0.5, 0.6) is 5.75 Å². The van der Waals surface area contributed by atoms with Crippen molar-refractivity contribution < 1.29 is 14.3 Å². The summed E-state index contributed by atoms with van der Waals surface area (Å²) in [6.07, 6.45) is 2.59. The maximum Gasteiger partial charge on any atom is 0.261 e. The van der Waals surface area contributed by atoms with Gasteiger partial charge in [0.05, 0.1) is 4.47 Å². The molecule has 2 rings (SSSR count). The highest BCUT2D eigenvalue weighted by atomic mass is 79.9. The third-order valence-corrected chi connectivity index (χ3v) is 6.07. The second-order valence-electron chi connectivity index (χ2n) is 8.28. The average molecular weight is 503 g/mol. The molecule has 5 nitrogen and oxygen atoms in total. The molecule has 0 saturated heterocycles. The van der Waals surface area contributed by atoms with Crippen molar-refractivity contribution in [3.63, 3.8) is 0 Å². The molecule has 0 fully saturated rings. The predicted octanol–water partition coefficient (Wildman–Crippen LogP) is 5.33. The van der Waals surface area contributed by atoms with Crippen molar-refractivity contribution in [2.45, 2.75) is 58.9 Å². The smallest absolute Gasteiger partial charge is 0.261 e. The van der Waals surface area contributed by atoms with Crippen LogP contribution < -0.4 is 10.1 Å². The van der Waals surface area contributed by atoms with Crippen LogP contribution in [0.2, 0.25) is 0 Å². The van der Waals surface area contributed by atoms with Crippen LogP contribution >= 0.6 is 15.9 Å². The molecule has 1 N–H and O–H groups in total. The number of carbonyl (C=O) groups excluding carboxylic acids is 2. The van der Waals surface area contributed by atoms with E-state index in [1.807, 2.05) is 48.5 Å². The van der Waals surface area contributed by atoms with Gasteiger partial charge in [0, 0.05) is 13.1 Å². The summed E-state index contributed by atoms with van der Waals surface area (Å²) in [6.45, 7) is 9.05. The molecular formula is C26H35BrN2O3. The maximum atomic E-state index is 13.1. The molecule has 1 atom stereocenters. The first-order valence-corrected chi connectivity index (χ1v) is 12.2. The molecule has 0 saturated carbocycles.